The SMILES string of the molecule is CCC(C)NC(C)(CO)c1c(F)cccc1F. The zero-order valence-electron chi connectivity index (χ0n) is 10.4. The van der Waals surface area contributed by atoms with Crippen LogP contribution in [0, 0.1) is 11.6 Å². The van der Waals surface area contributed by atoms with E-state index in [2.05, 4.69) is 5.32 Å². The normalized spacial score (nSPS) is 16.6. The molecule has 0 radical (unpaired) electrons. The third-order valence-corrected chi connectivity index (χ3v) is 3.01. The van der Waals surface area contributed by atoms with Gasteiger partial charge in [0.05, 0.1) is 12.1 Å². The Hall–Kier alpha value is -1.00. The van der Waals surface area contributed by atoms with Crippen LogP contribution in [-0.4, -0.2) is 17.8 Å². The van der Waals surface area contributed by atoms with Crippen LogP contribution in [0.4, 0.5) is 8.78 Å². The molecule has 0 aromatic heterocycles. The lowest BCUT2D eigenvalue weighted by Crippen LogP contribution is -2.48. The van der Waals surface area contributed by atoms with E-state index in [9.17, 15) is 13.9 Å². The zero-order valence-corrected chi connectivity index (χ0v) is 10.4. The lowest BCUT2D eigenvalue weighted by molar-refractivity contribution is 0.155. The predicted molar refractivity (Wildman–Crippen MR) is 63.7 cm³/mol. The van der Waals surface area contributed by atoms with E-state index in [1.54, 1.807) is 6.92 Å². The molecule has 96 valence electrons. The summed E-state index contributed by atoms with van der Waals surface area (Å²) in [5.41, 5.74) is -1.21. The van der Waals surface area contributed by atoms with Crippen molar-refractivity contribution in [3.8, 4) is 0 Å². The summed E-state index contributed by atoms with van der Waals surface area (Å²) in [5, 5.41) is 12.5. The second kappa shape index (κ2) is 5.56. The van der Waals surface area contributed by atoms with Gasteiger partial charge in [0.1, 0.15) is 11.6 Å². The molecule has 1 rings (SSSR count). The fraction of sp³-hybridized carbons (Fsp3) is 0.538. The van der Waals surface area contributed by atoms with Crippen LogP contribution in [0.25, 0.3) is 0 Å². The monoisotopic (exact) mass is 243 g/mol. The molecule has 0 aliphatic heterocycles. The molecule has 0 bridgehead atoms. The molecular formula is C13H19F2NO. The van der Waals surface area contributed by atoms with Crippen molar-refractivity contribution in [1.82, 2.24) is 5.32 Å². The van der Waals surface area contributed by atoms with Crippen LogP contribution in [-0.2, 0) is 5.54 Å². The molecule has 0 aliphatic rings. The Balaban J connectivity index is 3.16. The number of hydrogen-bond donors (Lipinski definition) is 2. The quantitative estimate of drug-likeness (QED) is 0.833. The molecule has 1 aromatic rings. The molecule has 4 heteroatoms. The van der Waals surface area contributed by atoms with Gasteiger partial charge in [-0.1, -0.05) is 13.0 Å². The van der Waals surface area contributed by atoms with Crippen LogP contribution in [0.1, 0.15) is 32.8 Å². The van der Waals surface area contributed by atoms with Gasteiger partial charge in [-0.05, 0) is 32.4 Å². The van der Waals surface area contributed by atoms with E-state index in [-0.39, 0.29) is 18.2 Å². The molecule has 2 nitrogen and oxygen atoms in total. The minimum Gasteiger partial charge on any atom is -0.394 e. The van der Waals surface area contributed by atoms with Crippen LogP contribution in [0.2, 0.25) is 0 Å². The number of aliphatic hydroxyl groups is 1. The van der Waals surface area contributed by atoms with Crippen molar-refractivity contribution in [3.63, 3.8) is 0 Å². The molecule has 0 fully saturated rings. The van der Waals surface area contributed by atoms with Gasteiger partial charge in [-0.25, -0.2) is 8.78 Å². The number of benzene rings is 1. The summed E-state index contributed by atoms with van der Waals surface area (Å²) in [7, 11) is 0. The summed E-state index contributed by atoms with van der Waals surface area (Å²) in [5.74, 6) is -1.28. The number of halogens is 2. The van der Waals surface area contributed by atoms with Gasteiger partial charge in [0, 0.05) is 11.6 Å². The van der Waals surface area contributed by atoms with Crippen molar-refractivity contribution in [2.45, 2.75) is 38.8 Å². The molecule has 0 amide bonds. The lowest BCUT2D eigenvalue weighted by atomic mass is 9.90. The van der Waals surface area contributed by atoms with Crippen molar-refractivity contribution in [1.29, 1.82) is 0 Å². The van der Waals surface area contributed by atoms with Gasteiger partial charge in [0.25, 0.3) is 0 Å². The fourth-order valence-electron chi connectivity index (χ4n) is 1.87. The fourth-order valence-corrected chi connectivity index (χ4v) is 1.87. The summed E-state index contributed by atoms with van der Waals surface area (Å²) < 4.78 is 27.4. The first kappa shape index (κ1) is 14.1. The van der Waals surface area contributed by atoms with E-state index in [1.165, 1.54) is 18.2 Å². The molecule has 2 unspecified atom stereocenters. The summed E-state index contributed by atoms with van der Waals surface area (Å²) >= 11 is 0. The first-order valence-electron chi connectivity index (χ1n) is 5.77. The lowest BCUT2D eigenvalue weighted by Gasteiger charge is -2.33. The van der Waals surface area contributed by atoms with Gasteiger partial charge < -0.3 is 10.4 Å². The highest BCUT2D eigenvalue weighted by Crippen LogP contribution is 2.26. The van der Waals surface area contributed by atoms with Crippen molar-refractivity contribution in [2.75, 3.05) is 6.61 Å². The summed E-state index contributed by atoms with van der Waals surface area (Å²) in [6.07, 6.45) is 0.811. The maximum atomic E-state index is 13.7. The third-order valence-electron chi connectivity index (χ3n) is 3.01. The maximum Gasteiger partial charge on any atom is 0.131 e. The topological polar surface area (TPSA) is 32.3 Å². The minimum atomic E-state index is -1.11. The highest BCUT2D eigenvalue weighted by atomic mass is 19.1. The van der Waals surface area contributed by atoms with Crippen molar-refractivity contribution >= 4 is 0 Å². The predicted octanol–water partition coefficient (Wildman–Crippen LogP) is 2.56. The van der Waals surface area contributed by atoms with Crippen LogP contribution < -0.4 is 5.32 Å². The van der Waals surface area contributed by atoms with Crippen molar-refractivity contribution in [3.05, 3.63) is 35.4 Å². The zero-order chi connectivity index (χ0) is 13.1. The largest absolute Gasteiger partial charge is 0.394 e. The van der Waals surface area contributed by atoms with Crippen LogP contribution in [0.15, 0.2) is 18.2 Å². The molecule has 0 saturated carbocycles. The molecule has 0 saturated heterocycles. The van der Waals surface area contributed by atoms with E-state index in [1.807, 2.05) is 13.8 Å². The third kappa shape index (κ3) is 3.01. The molecule has 17 heavy (non-hydrogen) atoms. The van der Waals surface area contributed by atoms with E-state index < -0.39 is 17.2 Å². The Labute approximate surface area is 101 Å². The van der Waals surface area contributed by atoms with E-state index in [0.717, 1.165) is 6.42 Å². The Morgan fingerprint density at radius 1 is 1.35 bits per heavy atom. The second-order valence-electron chi connectivity index (χ2n) is 4.54. The molecule has 0 spiro atoms. The van der Waals surface area contributed by atoms with Crippen molar-refractivity contribution in [2.24, 2.45) is 0 Å². The first-order chi connectivity index (χ1) is 7.94. The Morgan fingerprint density at radius 2 is 1.88 bits per heavy atom. The number of hydrogen-bond acceptors (Lipinski definition) is 2. The minimum absolute atomic E-state index is 0.0613. The highest BCUT2D eigenvalue weighted by molar-refractivity contribution is 5.27. The van der Waals surface area contributed by atoms with Gasteiger partial charge in [-0.2, -0.15) is 0 Å². The van der Waals surface area contributed by atoms with Crippen LogP contribution in [0.3, 0.4) is 0 Å². The molecule has 1 aromatic carbocycles. The summed E-state index contributed by atoms with van der Waals surface area (Å²) in [4.78, 5) is 0. The average Bonchev–Trinajstić information content (AvgIpc) is 2.28. The molecule has 2 atom stereocenters. The number of nitrogens with one attached hydrogen (secondary N) is 1. The van der Waals surface area contributed by atoms with Gasteiger partial charge in [0.2, 0.25) is 0 Å². The van der Waals surface area contributed by atoms with Gasteiger partial charge in [-0.15, -0.1) is 0 Å². The molecule has 2 N–H and O–H groups in total. The summed E-state index contributed by atoms with van der Waals surface area (Å²) in [6.45, 7) is 5.11. The molecule has 0 heterocycles. The standard InChI is InChI=1S/C13H19F2NO/c1-4-9(2)16-13(3,8-17)12-10(14)6-5-7-11(12)15/h5-7,9,16-17H,4,8H2,1-3H3. The van der Waals surface area contributed by atoms with Gasteiger partial charge in [-0.3, -0.25) is 0 Å². The van der Waals surface area contributed by atoms with Crippen LogP contribution in [0.5, 0.6) is 0 Å². The maximum absolute atomic E-state index is 13.7. The first-order valence-corrected chi connectivity index (χ1v) is 5.77. The molecular weight excluding hydrogens is 224 g/mol. The number of aliphatic hydroxyl groups excluding tert-OH is 1. The average molecular weight is 243 g/mol. The Kier molecular flexibility index (Phi) is 4.60. The molecule has 0 aliphatic carbocycles. The Morgan fingerprint density at radius 3 is 2.29 bits per heavy atom. The van der Waals surface area contributed by atoms with Crippen molar-refractivity contribution < 1.29 is 13.9 Å². The highest BCUT2D eigenvalue weighted by Gasteiger charge is 2.32. The van der Waals surface area contributed by atoms with E-state index >= 15 is 0 Å². The van der Waals surface area contributed by atoms with Gasteiger partial charge >= 0.3 is 0 Å². The second-order valence-corrected chi connectivity index (χ2v) is 4.54. The smallest absolute Gasteiger partial charge is 0.131 e. The van der Waals surface area contributed by atoms with Gasteiger partial charge in [0.15, 0.2) is 0 Å². The Bertz CT molecular complexity index is 363. The van der Waals surface area contributed by atoms with Crippen LogP contribution >= 0.6 is 0 Å². The number of rotatable bonds is 5. The van der Waals surface area contributed by atoms with E-state index in [0.29, 0.717) is 0 Å². The van der Waals surface area contributed by atoms with E-state index in [4.69, 9.17) is 0 Å². The summed E-state index contributed by atoms with van der Waals surface area (Å²) in [6, 6.07) is 3.77.